The summed E-state index contributed by atoms with van der Waals surface area (Å²) in [6.45, 7) is 7.48. The van der Waals surface area contributed by atoms with Gasteiger partial charge in [0.25, 0.3) is 11.5 Å². The molecule has 1 aliphatic rings. The van der Waals surface area contributed by atoms with E-state index in [0.717, 1.165) is 43.0 Å². The second-order valence-electron chi connectivity index (χ2n) is 8.36. The number of fused-ring (bicyclic) bond motifs is 1. The summed E-state index contributed by atoms with van der Waals surface area (Å²) in [6.07, 6.45) is -1.06. The van der Waals surface area contributed by atoms with E-state index in [2.05, 4.69) is 15.2 Å². The summed E-state index contributed by atoms with van der Waals surface area (Å²) < 4.78 is 11.7. The van der Waals surface area contributed by atoms with Gasteiger partial charge < -0.3 is 19.8 Å². The fraction of sp³-hybridized carbons (Fsp3) is 0.360. The van der Waals surface area contributed by atoms with Gasteiger partial charge in [-0.05, 0) is 49.7 Å². The SMILES string of the molecule is CCn1c(=O)[nH]c2cc(C(=O)OC(C)C(=O)Nc3ccc(CN4CCOCC4)cc3)ccc2c1=O. The minimum absolute atomic E-state index is 0.119. The molecule has 1 amide bonds. The lowest BCUT2D eigenvalue weighted by Crippen LogP contribution is -2.35. The molecule has 184 valence electrons. The molecule has 10 heteroatoms. The highest BCUT2D eigenvalue weighted by atomic mass is 16.5. The highest BCUT2D eigenvalue weighted by Crippen LogP contribution is 2.15. The minimum Gasteiger partial charge on any atom is -0.449 e. The molecule has 1 saturated heterocycles. The molecule has 0 spiro atoms. The van der Waals surface area contributed by atoms with Crippen molar-refractivity contribution in [2.24, 2.45) is 0 Å². The van der Waals surface area contributed by atoms with E-state index in [-0.39, 0.29) is 23.0 Å². The summed E-state index contributed by atoms with van der Waals surface area (Å²) in [4.78, 5) is 54.5. The van der Waals surface area contributed by atoms with E-state index in [0.29, 0.717) is 5.69 Å². The Labute approximate surface area is 201 Å². The summed E-state index contributed by atoms with van der Waals surface area (Å²) >= 11 is 0. The molecule has 0 saturated carbocycles. The van der Waals surface area contributed by atoms with Crippen molar-refractivity contribution in [2.45, 2.75) is 33.0 Å². The Kier molecular flexibility index (Phi) is 7.42. The maximum Gasteiger partial charge on any atom is 0.338 e. The van der Waals surface area contributed by atoms with Crippen LogP contribution in [0.5, 0.6) is 0 Å². The third kappa shape index (κ3) is 5.67. The topological polar surface area (TPSA) is 123 Å². The van der Waals surface area contributed by atoms with Gasteiger partial charge in [0.05, 0.1) is 29.7 Å². The quantitative estimate of drug-likeness (QED) is 0.494. The molecular formula is C25H28N4O6. The fourth-order valence-corrected chi connectivity index (χ4v) is 3.91. The molecule has 1 unspecified atom stereocenters. The molecule has 1 atom stereocenters. The van der Waals surface area contributed by atoms with Crippen LogP contribution in [-0.4, -0.2) is 58.7 Å². The third-order valence-electron chi connectivity index (χ3n) is 5.92. The van der Waals surface area contributed by atoms with Crippen LogP contribution in [0.3, 0.4) is 0 Å². The van der Waals surface area contributed by atoms with Crippen molar-refractivity contribution < 1.29 is 19.1 Å². The standard InChI is InChI=1S/C25H28N4O6/c1-3-29-23(31)20-9-6-18(14-21(20)27-25(29)33)24(32)35-16(2)22(30)26-19-7-4-17(5-8-19)15-28-10-12-34-13-11-28/h4-9,14,16H,3,10-13,15H2,1-2H3,(H,26,30)(H,27,33). The molecule has 0 bridgehead atoms. The molecule has 10 nitrogen and oxygen atoms in total. The zero-order chi connectivity index (χ0) is 24.9. The number of esters is 1. The molecule has 2 aromatic carbocycles. The van der Waals surface area contributed by atoms with Gasteiger partial charge in [-0.25, -0.2) is 9.59 Å². The smallest absolute Gasteiger partial charge is 0.338 e. The Bertz CT molecular complexity index is 1340. The number of amides is 1. The van der Waals surface area contributed by atoms with Crippen LogP contribution in [-0.2, 0) is 27.4 Å². The zero-order valence-corrected chi connectivity index (χ0v) is 19.7. The Morgan fingerprint density at radius 1 is 1.11 bits per heavy atom. The van der Waals surface area contributed by atoms with Crippen molar-refractivity contribution in [1.82, 2.24) is 14.5 Å². The van der Waals surface area contributed by atoms with Gasteiger partial charge in [0.15, 0.2) is 6.10 Å². The summed E-state index contributed by atoms with van der Waals surface area (Å²) in [5.74, 6) is -1.21. The maximum absolute atomic E-state index is 12.6. The minimum atomic E-state index is -1.06. The second-order valence-corrected chi connectivity index (χ2v) is 8.36. The number of ether oxygens (including phenoxy) is 2. The molecule has 2 N–H and O–H groups in total. The number of carbonyl (C=O) groups is 2. The first-order valence-corrected chi connectivity index (χ1v) is 11.5. The van der Waals surface area contributed by atoms with Crippen LogP contribution < -0.4 is 16.6 Å². The molecule has 4 rings (SSSR count). The van der Waals surface area contributed by atoms with Gasteiger partial charge in [-0.1, -0.05) is 12.1 Å². The van der Waals surface area contributed by atoms with E-state index in [4.69, 9.17) is 9.47 Å². The molecule has 3 aromatic rings. The largest absolute Gasteiger partial charge is 0.449 e. The number of aromatic amines is 1. The average molecular weight is 481 g/mol. The highest BCUT2D eigenvalue weighted by Gasteiger charge is 2.20. The monoisotopic (exact) mass is 480 g/mol. The number of benzene rings is 2. The zero-order valence-electron chi connectivity index (χ0n) is 19.7. The summed E-state index contributed by atoms with van der Waals surface area (Å²) in [5, 5.41) is 3.03. The number of morpholine rings is 1. The van der Waals surface area contributed by atoms with Gasteiger partial charge in [-0.3, -0.25) is 19.1 Å². The predicted molar refractivity (Wildman–Crippen MR) is 131 cm³/mol. The van der Waals surface area contributed by atoms with Gasteiger partial charge in [-0.2, -0.15) is 0 Å². The van der Waals surface area contributed by atoms with E-state index in [9.17, 15) is 19.2 Å². The van der Waals surface area contributed by atoms with E-state index >= 15 is 0 Å². The summed E-state index contributed by atoms with van der Waals surface area (Å²) in [7, 11) is 0. The van der Waals surface area contributed by atoms with Crippen LogP contribution in [0.15, 0.2) is 52.1 Å². The first-order valence-electron chi connectivity index (χ1n) is 11.5. The molecule has 1 aromatic heterocycles. The second kappa shape index (κ2) is 10.7. The van der Waals surface area contributed by atoms with Crippen LogP contribution in [0.25, 0.3) is 10.9 Å². The number of hydrogen-bond donors (Lipinski definition) is 2. The normalized spacial score (nSPS) is 15.0. The van der Waals surface area contributed by atoms with Crippen LogP contribution >= 0.6 is 0 Å². The number of H-pyrrole nitrogens is 1. The Morgan fingerprint density at radius 3 is 2.51 bits per heavy atom. The van der Waals surface area contributed by atoms with Crippen LogP contribution in [0.2, 0.25) is 0 Å². The van der Waals surface area contributed by atoms with Crippen molar-refractivity contribution >= 4 is 28.5 Å². The van der Waals surface area contributed by atoms with Gasteiger partial charge in [-0.15, -0.1) is 0 Å². The Balaban J connectivity index is 1.37. The predicted octanol–water partition coefficient (Wildman–Crippen LogP) is 1.73. The number of carbonyl (C=O) groups excluding carboxylic acids is 2. The first kappa shape index (κ1) is 24.4. The molecule has 0 aliphatic carbocycles. The van der Waals surface area contributed by atoms with Crippen molar-refractivity contribution in [2.75, 3.05) is 31.6 Å². The van der Waals surface area contributed by atoms with Crippen molar-refractivity contribution in [3.8, 4) is 0 Å². The van der Waals surface area contributed by atoms with Crippen molar-refractivity contribution in [1.29, 1.82) is 0 Å². The maximum atomic E-state index is 12.6. The molecule has 1 fully saturated rings. The van der Waals surface area contributed by atoms with Crippen LogP contribution in [0, 0.1) is 0 Å². The van der Waals surface area contributed by atoms with Gasteiger partial charge in [0.1, 0.15) is 0 Å². The van der Waals surface area contributed by atoms with Crippen molar-refractivity contribution in [3.05, 3.63) is 74.4 Å². The lowest BCUT2D eigenvalue weighted by Gasteiger charge is -2.26. The molecular weight excluding hydrogens is 452 g/mol. The van der Waals surface area contributed by atoms with E-state index in [1.807, 2.05) is 24.3 Å². The van der Waals surface area contributed by atoms with E-state index in [1.165, 1.54) is 25.1 Å². The summed E-state index contributed by atoms with van der Waals surface area (Å²) in [6, 6.07) is 11.8. The molecule has 35 heavy (non-hydrogen) atoms. The van der Waals surface area contributed by atoms with Crippen LogP contribution in [0.1, 0.15) is 29.8 Å². The number of hydrogen-bond acceptors (Lipinski definition) is 7. The lowest BCUT2D eigenvalue weighted by atomic mass is 10.1. The number of nitrogens with zero attached hydrogens (tertiary/aromatic N) is 2. The Morgan fingerprint density at radius 2 is 1.83 bits per heavy atom. The third-order valence-corrected chi connectivity index (χ3v) is 5.92. The average Bonchev–Trinajstić information content (AvgIpc) is 2.85. The van der Waals surface area contributed by atoms with Crippen LogP contribution in [0.4, 0.5) is 5.69 Å². The molecule has 0 radical (unpaired) electrons. The number of anilines is 1. The van der Waals surface area contributed by atoms with Gasteiger partial charge >= 0.3 is 11.7 Å². The van der Waals surface area contributed by atoms with E-state index < -0.39 is 29.2 Å². The van der Waals surface area contributed by atoms with Gasteiger partial charge in [0, 0.05) is 31.9 Å². The number of nitrogens with one attached hydrogen (secondary N) is 2. The lowest BCUT2D eigenvalue weighted by molar-refractivity contribution is -0.123. The summed E-state index contributed by atoms with van der Waals surface area (Å²) in [5.41, 5.74) is 1.08. The fourth-order valence-electron chi connectivity index (χ4n) is 3.91. The van der Waals surface area contributed by atoms with E-state index in [1.54, 1.807) is 6.92 Å². The number of aromatic nitrogens is 2. The van der Waals surface area contributed by atoms with Gasteiger partial charge in [0.2, 0.25) is 0 Å². The Hall–Kier alpha value is -3.76. The molecule has 1 aliphatic heterocycles. The first-order chi connectivity index (χ1) is 16.9. The molecule has 2 heterocycles. The number of rotatable bonds is 7. The van der Waals surface area contributed by atoms with Crippen molar-refractivity contribution in [3.63, 3.8) is 0 Å². The highest BCUT2D eigenvalue weighted by molar-refractivity contribution is 5.98.